The van der Waals surface area contributed by atoms with Gasteiger partial charge in [-0.2, -0.15) is 0 Å². The highest BCUT2D eigenvalue weighted by molar-refractivity contribution is 5.47. The van der Waals surface area contributed by atoms with Crippen LogP contribution in [0, 0.1) is 29.1 Å². The maximum Gasteiger partial charge on any atom is 0.200 e. The minimum Gasteiger partial charge on any atom is -0.508 e. The molecular weight excluding hydrogens is 355 g/mol. The molecule has 0 spiro atoms. The van der Waals surface area contributed by atoms with Gasteiger partial charge in [-0.05, 0) is 35.4 Å². The third-order valence-corrected chi connectivity index (χ3v) is 3.99. The van der Waals surface area contributed by atoms with Crippen LogP contribution in [0.5, 0.6) is 11.5 Å². The van der Waals surface area contributed by atoms with E-state index in [4.69, 9.17) is 0 Å². The first-order chi connectivity index (χ1) is 12.3. The average molecular weight is 366 g/mol. The van der Waals surface area contributed by atoms with Gasteiger partial charge in [-0.25, -0.2) is 22.0 Å². The van der Waals surface area contributed by atoms with Gasteiger partial charge in [0.1, 0.15) is 11.5 Å². The van der Waals surface area contributed by atoms with Crippen LogP contribution in [0.2, 0.25) is 0 Å². The average Bonchev–Trinajstić information content (AvgIpc) is 2.64. The summed E-state index contributed by atoms with van der Waals surface area (Å²) >= 11 is 0. The highest BCUT2D eigenvalue weighted by Gasteiger charge is 2.32. The van der Waals surface area contributed by atoms with Crippen molar-refractivity contribution in [3.05, 3.63) is 94.3 Å². The second-order valence-corrected chi connectivity index (χ2v) is 5.60. The first kappa shape index (κ1) is 17.7. The van der Waals surface area contributed by atoms with Gasteiger partial charge in [-0.3, -0.25) is 0 Å². The molecular formula is C19H11F5O2. The predicted octanol–water partition coefficient (Wildman–Crippen LogP) is 4.97. The van der Waals surface area contributed by atoms with Crippen molar-refractivity contribution in [1.82, 2.24) is 0 Å². The zero-order chi connectivity index (χ0) is 19.0. The summed E-state index contributed by atoms with van der Waals surface area (Å²) < 4.78 is 69.5. The molecule has 0 heterocycles. The lowest BCUT2D eigenvalue weighted by molar-refractivity contribution is 0.369. The molecule has 0 unspecified atom stereocenters. The Kier molecular flexibility index (Phi) is 4.54. The Balaban J connectivity index is 2.32. The summed E-state index contributed by atoms with van der Waals surface area (Å²) in [5, 5.41) is 18.8. The molecule has 134 valence electrons. The summed E-state index contributed by atoms with van der Waals surface area (Å²) in [6.45, 7) is 0. The number of rotatable bonds is 3. The molecule has 3 aromatic rings. The second kappa shape index (κ2) is 6.67. The summed E-state index contributed by atoms with van der Waals surface area (Å²) in [5.41, 5.74) is -0.633. The minimum atomic E-state index is -2.24. The number of phenolic OH excluding ortho intramolecular Hbond substituents is 2. The van der Waals surface area contributed by atoms with Crippen LogP contribution >= 0.6 is 0 Å². The van der Waals surface area contributed by atoms with Crippen molar-refractivity contribution in [2.75, 3.05) is 0 Å². The molecule has 3 rings (SSSR count). The fraction of sp³-hybridized carbons (Fsp3) is 0.0526. The Morgan fingerprint density at radius 2 is 0.808 bits per heavy atom. The maximum atomic E-state index is 14.4. The minimum absolute atomic E-state index is 0.129. The van der Waals surface area contributed by atoms with Crippen molar-refractivity contribution in [2.24, 2.45) is 0 Å². The largest absolute Gasteiger partial charge is 0.508 e. The number of hydrogen-bond acceptors (Lipinski definition) is 2. The second-order valence-electron chi connectivity index (χ2n) is 5.60. The Morgan fingerprint density at radius 1 is 0.500 bits per heavy atom. The Bertz CT molecular complexity index is 879. The molecule has 0 amide bonds. The lowest BCUT2D eigenvalue weighted by Crippen LogP contribution is -2.13. The molecule has 2 nitrogen and oxygen atoms in total. The lowest BCUT2D eigenvalue weighted by Gasteiger charge is -2.21. The zero-order valence-corrected chi connectivity index (χ0v) is 13.0. The van der Waals surface area contributed by atoms with E-state index in [0.29, 0.717) is 0 Å². The van der Waals surface area contributed by atoms with E-state index in [-0.39, 0.29) is 22.6 Å². The van der Waals surface area contributed by atoms with Gasteiger partial charge in [-0.1, -0.05) is 24.3 Å². The monoisotopic (exact) mass is 366 g/mol. The zero-order valence-electron chi connectivity index (χ0n) is 13.0. The molecule has 0 aromatic heterocycles. The Morgan fingerprint density at radius 3 is 1.15 bits per heavy atom. The Hall–Kier alpha value is -3.09. The van der Waals surface area contributed by atoms with Crippen LogP contribution in [0.1, 0.15) is 22.6 Å². The molecule has 2 N–H and O–H groups in total. The lowest BCUT2D eigenvalue weighted by atomic mass is 9.84. The van der Waals surface area contributed by atoms with Gasteiger partial charge in [0.05, 0.1) is 0 Å². The molecule has 3 aromatic carbocycles. The van der Waals surface area contributed by atoms with Crippen molar-refractivity contribution in [3.8, 4) is 11.5 Å². The van der Waals surface area contributed by atoms with Crippen LogP contribution in [0.15, 0.2) is 48.5 Å². The van der Waals surface area contributed by atoms with Crippen LogP contribution in [0.3, 0.4) is 0 Å². The van der Waals surface area contributed by atoms with Crippen molar-refractivity contribution >= 4 is 0 Å². The van der Waals surface area contributed by atoms with E-state index in [0.717, 1.165) is 0 Å². The normalized spacial score (nSPS) is 11.2. The van der Waals surface area contributed by atoms with E-state index in [2.05, 4.69) is 0 Å². The van der Waals surface area contributed by atoms with E-state index >= 15 is 0 Å². The van der Waals surface area contributed by atoms with Crippen molar-refractivity contribution < 1.29 is 32.2 Å². The van der Waals surface area contributed by atoms with Gasteiger partial charge in [0.25, 0.3) is 0 Å². The van der Waals surface area contributed by atoms with Crippen LogP contribution < -0.4 is 0 Å². The third-order valence-electron chi connectivity index (χ3n) is 3.99. The standard InChI is InChI=1S/C19H11F5O2/c20-15-14(16(21)18(23)19(24)17(15)22)13(9-1-5-11(25)6-2-9)10-3-7-12(26)8-4-10/h1-8,13,25-26H. The quantitative estimate of drug-likeness (QED) is 0.297. The number of halogens is 5. The van der Waals surface area contributed by atoms with Crippen molar-refractivity contribution in [3.63, 3.8) is 0 Å². The number of benzene rings is 3. The van der Waals surface area contributed by atoms with E-state index < -0.39 is 40.6 Å². The summed E-state index contributed by atoms with van der Waals surface area (Å²) in [6, 6.07) is 10.2. The third kappa shape index (κ3) is 2.96. The molecule has 26 heavy (non-hydrogen) atoms. The predicted molar refractivity (Wildman–Crippen MR) is 83.4 cm³/mol. The van der Waals surface area contributed by atoms with E-state index in [1.165, 1.54) is 48.5 Å². The number of hydrogen-bond donors (Lipinski definition) is 2. The first-order valence-electron chi connectivity index (χ1n) is 7.40. The molecule has 0 aliphatic rings. The van der Waals surface area contributed by atoms with Gasteiger partial charge in [0, 0.05) is 11.5 Å². The summed E-state index contributed by atoms with van der Waals surface area (Å²) in [4.78, 5) is 0. The fourth-order valence-electron chi connectivity index (χ4n) is 2.73. The molecule has 0 bridgehead atoms. The van der Waals surface area contributed by atoms with Gasteiger partial charge >= 0.3 is 0 Å². The Labute approximate surface area is 144 Å². The molecule has 0 aliphatic carbocycles. The molecule has 0 saturated carbocycles. The van der Waals surface area contributed by atoms with Gasteiger partial charge < -0.3 is 10.2 Å². The number of aromatic hydroxyl groups is 2. The number of phenols is 2. The smallest absolute Gasteiger partial charge is 0.200 e. The SMILES string of the molecule is Oc1ccc(C(c2ccc(O)cc2)c2c(F)c(F)c(F)c(F)c2F)cc1. The van der Waals surface area contributed by atoms with Crippen molar-refractivity contribution in [1.29, 1.82) is 0 Å². The summed E-state index contributed by atoms with van der Waals surface area (Å²) in [7, 11) is 0. The van der Waals surface area contributed by atoms with Gasteiger partial charge in [0.15, 0.2) is 23.3 Å². The highest BCUT2D eigenvalue weighted by Crippen LogP contribution is 2.38. The first-order valence-corrected chi connectivity index (χ1v) is 7.40. The van der Waals surface area contributed by atoms with E-state index in [1.54, 1.807) is 0 Å². The highest BCUT2D eigenvalue weighted by atomic mass is 19.2. The molecule has 0 fully saturated rings. The topological polar surface area (TPSA) is 40.5 Å². The molecule has 0 atom stereocenters. The van der Waals surface area contributed by atoms with Crippen LogP contribution in [-0.4, -0.2) is 10.2 Å². The van der Waals surface area contributed by atoms with Gasteiger partial charge in [-0.15, -0.1) is 0 Å². The van der Waals surface area contributed by atoms with E-state index in [1.807, 2.05) is 0 Å². The van der Waals surface area contributed by atoms with E-state index in [9.17, 15) is 32.2 Å². The molecule has 7 heteroatoms. The molecule has 0 saturated heterocycles. The van der Waals surface area contributed by atoms with Crippen LogP contribution in [0.25, 0.3) is 0 Å². The van der Waals surface area contributed by atoms with Gasteiger partial charge in [0.2, 0.25) is 5.82 Å². The van der Waals surface area contributed by atoms with Crippen LogP contribution in [-0.2, 0) is 0 Å². The summed E-state index contributed by atoms with van der Waals surface area (Å²) in [6.07, 6.45) is 0. The fourth-order valence-corrected chi connectivity index (χ4v) is 2.73. The molecule has 0 aliphatic heterocycles. The summed E-state index contributed by atoms with van der Waals surface area (Å²) in [5.74, 6) is -11.8. The van der Waals surface area contributed by atoms with Crippen LogP contribution in [0.4, 0.5) is 22.0 Å². The maximum absolute atomic E-state index is 14.4. The molecule has 0 radical (unpaired) electrons. The van der Waals surface area contributed by atoms with Crippen molar-refractivity contribution in [2.45, 2.75) is 5.92 Å².